The number of nitrogens with zero attached hydrogens (tertiary/aromatic N) is 3. The van der Waals surface area contributed by atoms with Crippen LogP contribution in [0.25, 0.3) is 11.2 Å². The van der Waals surface area contributed by atoms with Gasteiger partial charge in [-0.25, -0.2) is 14.4 Å². The van der Waals surface area contributed by atoms with Gasteiger partial charge < -0.3 is 10.1 Å². The van der Waals surface area contributed by atoms with Gasteiger partial charge in [-0.15, -0.1) is 0 Å². The van der Waals surface area contributed by atoms with Crippen molar-refractivity contribution < 1.29 is 13.9 Å². The molecule has 0 aliphatic carbocycles. The Hall–Kier alpha value is -3.39. The maximum Gasteiger partial charge on any atom is 0.247 e. The lowest BCUT2D eigenvalue weighted by molar-refractivity contribution is -0.119. The molecule has 6 nitrogen and oxygen atoms in total. The SMILES string of the molecule is CCOc1ccccc1NC(=O)[C@@H](CC)n1c(SCc2ccc(F)cc2)nc2cccnc21. The van der Waals surface area contributed by atoms with Crippen LogP contribution < -0.4 is 10.1 Å². The number of halogens is 1. The monoisotopic (exact) mass is 464 g/mol. The summed E-state index contributed by atoms with van der Waals surface area (Å²) in [5.74, 6) is 0.783. The molecule has 0 aliphatic heterocycles. The second kappa shape index (κ2) is 10.5. The van der Waals surface area contributed by atoms with E-state index in [0.29, 0.717) is 41.0 Å². The van der Waals surface area contributed by atoms with Gasteiger partial charge in [0.2, 0.25) is 5.91 Å². The predicted molar refractivity (Wildman–Crippen MR) is 129 cm³/mol. The normalized spacial score (nSPS) is 12.0. The number of para-hydroxylation sites is 2. The van der Waals surface area contributed by atoms with E-state index in [0.717, 1.165) is 11.1 Å². The van der Waals surface area contributed by atoms with E-state index < -0.39 is 6.04 Å². The van der Waals surface area contributed by atoms with E-state index in [9.17, 15) is 9.18 Å². The van der Waals surface area contributed by atoms with Crippen molar-refractivity contribution >= 4 is 34.5 Å². The first-order valence-corrected chi connectivity index (χ1v) is 11.8. The number of carbonyl (C=O) groups is 1. The molecule has 2 aromatic heterocycles. The molecule has 0 saturated heterocycles. The van der Waals surface area contributed by atoms with Crippen molar-refractivity contribution in [1.29, 1.82) is 0 Å². The highest BCUT2D eigenvalue weighted by atomic mass is 32.2. The number of carbonyl (C=O) groups excluding carboxylic acids is 1. The van der Waals surface area contributed by atoms with Crippen LogP contribution in [0.5, 0.6) is 5.75 Å². The van der Waals surface area contributed by atoms with Gasteiger partial charge in [0, 0.05) is 11.9 Å². The van der Waals surface area contributed by atoms with Gasteiger partial charge in [-0.3, -0.25) is 9.36 Å². The maximum absolute atomic E-state index is 13.4. The summed E-state index contributed by atoms with van der Waals surface area (Å²) < 4.78 is 20.8. The van der Waals surface area contributed by atoms with Crippen LogP contribution in [0.1, 0.15) is 31.9 Å². The van der Waals surface area contributed by atoms with Gasteiger partial charge in [0.15, 0.2) is 10.8 Å². The zero-order valence-electron chi connectivity index (χ0n) is 18.5. The fourth-order valence-electron chi connectivity index (χ4n) is 3.57. The smallest absolute Gasteiger partial charge is 0.247 e. The van der Waals surface area contributed by atoms with Crippen molar-refractivity contribution in [1.82, 2.24) is 14.5 Å². The minimum Gasteiger partial charge on any atom is -0.492 e. The van der Waals surface area contributed by atoms with Crippen molar-refractivity contribution in [2.45, 2.75) is 37.2 Å². The molecule has 0 aliphatic rings. The van der Waals surface area contributed by atoms with Crippen molar-refractivity contribution in [3.05, 3.63) is 78.2 Å². The summed E-state index contributed by atoms with van der Waals surface area (Å²) in [6, 6.07) is 17.0. The van der Waals surface area contributed by atoms with Crippen LogP contribution in [0.2, 0.25) is 0 Å². The zero-order valence-corrected chi connectivity index (χ0v) is 19.3. The summed E-state index contributed by atoms with van der Waals surface area (Å²) in [6.45, 7) is 4.37. The van der Waals surface area contributed by atoms with Crippen molar-refractivity contribution in [3.63, 3.8) is 0 Å². The molecule has 2 heterocycles. The topological polar surface area (TPSA) is 69.0 Å². The van der Waals surface area contributed by atoms with E-state index in [1.807, 2.05) is 54.8 Å². The first-order chi connectivity index (χ1) is 16.1. The summed E-state index contributed by atoms with van der Waals surface area (Å²) in [4.78, 5) is 22.7. The number of fused-ring (bicyclic) bond motifs is 1. The molecule has 0 radical (unpaired) electrons. The van der Waals surface area contributed by atoms with Gasteiger partial charge in [0.1, 0.15) is 23.1 Å². The molecule has 170 valence electrons. The molecule has 1 N–H and O–H groups in total. The number of anilines is 1. The highest BCUT2D eigenvalue weighted by Gasteiger charge is 2.26. The Bertz CT molecular complexity index is 1240. The third-order valence-electron chi connectivity index (χ3n) is 5.14. The fourth-order valence-corrected chi connectivity index (χ4v) is 4.58. The van der Waals surface area contributed by atoms with Crippen LogP contribution in [0.15, 0.2) is 72.0 Å². The average Bonchev–Trinajstić information content (AvgIpc) is 3.19. The standard InChI is InChI=1S/C25H25FN4O2S/c1-3-21(24(31)28-19-8-5-6-10-22(19)32-4-2)30-23-20(9-7-15-27-23)29-25(30)33-16-17-11-13-18(26)14-12-17/h5-15,21H,3-4,16H2,1-2H3,(H,28,31)/t21-/m1/s1. The number of aromatic nitrogens is 3. The summed E-state index contributed by atoms with van der Waals surface area (Å²) in [5, 5.41) is 3.70. The van der Waals surface area contributed by atoms with Crippen molar-refractivity contribution in [2.75, 3.05) is 11.9 Å². The third-order valence-corrected chi connectivity index (χ3v) is 6.17. The number of hydrogen-bond acceptors (Lipinski definition) is 5. The summed E-state index contributed by atoms with van der Waals surface area (Å²) in [5.41, 5.74) is 2.97. The highest BCUT2D eigenvalue weighted by molar-refractivity contribution is 7.98. The zero-order chi connectivity index (χ0) is 23.2. The third kappa shape index (κ3) is 5.17. The number of thioether (sulfide) groups is 1. The van der Waals surface area contributed by atoms with Crippen LogP contribution in [0.3, 0.4) is 0 Å². The second-order valence-corrected chi connectivity index (χ2v) is 8.31. The van der Waals surface area contributed by atoms with Gasteiger partial charge in [0.25, 0.3) is 0 Å². The summed E-state index contributed by atoms with van der Waals surface area (Å²) in [7, 11) is 0. The first-order valence-electron chi connectivity index (χ1n) is 10.8. The van der Waals surface area contributed by atoms with Gasteiger partial charge >= 0.3 is 0 Å². The Morgan fingerprint density at radius 2 is 1.91 bits per heavy atom. The second-order valence-electron chi connectivity index (χ2n) is 7.37. The number of imidazole rings is 1. The largest absolute Gasteiger partial charge is 0.492 e. The van der Waals surface area contributed by atoms with E-state index in [2.05, 4.69) is 10.3 Å². The predicted octanol–water partition coefficient (Wildman–Crippen LogP) is 5.85. The van der Waals surface area contributed by atoms with Crippen LogP contribution in [-0.2, 0) is 10.5 Å². The Kier molecular flexibility index (Phi) is 7.24. The molecule has 8 heteroatoms. The molecule has 0 unspecified atom stereocenters. The number of nitrogens with one attached hydrogen (secondary N) is 1. The Balaban J connectivity index is 1.65. The molecule has 0 fully saturated rings. The lowest BCUT2D eigenvalue weighted by Gasteiger charge is -2.20. The summed E-state index contributed by atoms with van der Waals surface area (Å²) in [6.07, 6.45) is 2.25. The quantitative estimate of drug-likeness (QED) is 0.315. The first kappa shape index (κ1) is 22.8. The number of benzene rings is 2. The molecular formula is C25H25FN4O2S. The number of amides is 1. The molecule has 0 saturated carbocycles. The van der Waals surface area contributed by atoms with Crippen LogP contribution in [0.4, 0.5) is 10.1 Å². The van der Waals surface area contributed by atoms with Gasteiger partial charge in [0.05, 0.1) is 12.3 Å². The lowest BCUT2D eigenvalue weighted by Crippen LogP contribution is -2.26. The molecule has 0 bridgehead atoms. The minimum absolute atomic E-state index is 0.168. The van der Waals surface area contributed by atoms with Crippen molar-refractivity contribution in [2.24, 2.45) is 0 Å². The Morgan fingerprint density at radius 3 is 2.67 bits per heavy atom. The number of ether oxygens (including phenoxy) is 1. The van der Waals surface area contributed by atoms with Crippen LogP contribution >= 0.6 is 11.8 Å². The molecular weight excluding hydrogens is 439 g/mol. The van der Waals surface area contributed by atoms with Gasteiger partial charge in [-0.1, -0.05) is 43.0 Å². The summed E-state index contributed by atoms with van der Waals surface area (Å²) >= 11 is 1.50. The van der Waals surface area contributed by atoms with E-state index in [1.165, 1.54) is 23.9 Å². The van der Waals surface area contributed by atoms with E-state index >= 15 is 0 Å². The van der Waals surface area contributed by atoms with Gasteiger partial charge in [-0.05, 0) is 55.3 Å². The molecule has 4 rings (SSSR count). The molecule has 0 spiro atoms. The van der Waals surface area contributed by atoms with Gasteiger partial charge in [-0.2, -0.15) is 0 Å². The van der Waals surface area contributed by atoms with Crippen LogP contribution in [-0.4, -0.2) is 27.0 Å². The lowest BCUT2D eigenvalue weighted by atomic mass is 10.2. The highest BCUT2D eigenvalue weighted by Crippen LogP contribution is 2.32. The van der Waals surface area contributed by atoms with E-state index in [-0.39, 0.29) is 11.7 Å². The average molecular weight is 465 g/mol. The van der Waals surface area contributed by atoms with E-state index in [4.69, 9.17) is 9.72 Å². The fraction of sp³-hybridized carbons (Fsp3) is 0.240. The Labute approximate surface area is 196 Å². The molecule has 33 heavy (non-hydrogen) atoms. The minimum atomic E-state index is -0.518. The molecule has 1 atom stereocenters. The van der Waals surface area contributed by atoms with Crippen LogP contribution in [0, 0.1) is 5.82 Å². The van der Waals surface area contributed by atoms with E-state index in [1.54, 1.807) is 18.3 Å². The van der Waals surface area contributed by atoms with Crippen molar-refractivity contribution in [3.8, 4) is 5.75 Å². The molecule has 2 aromatic carbocycles. The molecule has 4 aromatic rings. The maximum atomic E-state index is 13.4. The number of pyridine rings is 1. The number of rotatable bonds is 9. The molecule has 1 amide bonds. The number of hydrogen-bond donors (Lipinski definition) is 1. The Morgan fingerprint density at radius 1 is 1.12 bits per heavy atom.